The average molecular weight is 222 g/mol. The maximum absolute atomic E-state index is 11.3. The summed E-state index contributed by atoms with van der Waals surface area (Å²) < 4.78 is 4.77. The molecule has 0 radical (unpaired) electrons. The molecule has 1 aliphatic carbocycles. The van der Waals surface area contributed by atoms with Crippen LogP contribution in [0.4, 0.5) is 0 Å². The van der Waals surface area contributed by atoms with E-state index in [1.807, 2.05) is 6.08 Å². The van der Waals surface area contributed by atoms with Gasteiger partial charge >= 0.3 is 5.97 Å². The summed E-state index contributed by atoms with van der Waals surface area (Å²) in [7, 11) is 0. The number of carbonyl (C=O) groups excluding carboxylic acids is 1. The minimum atomic E-state index is -0.406. The standard InChI is InChI=1S/C13H18O3/c1-11(13(15)16-10-9-14)7-8-12-5-3-2-4-6-12/h2-3,8,12,14H,4-6,9-10H2,1H3. The molecular formula is C13H18O3. The van der Waals surface area contributed by atoms with Crippen molar-refractivity contribution in [1.82, 2.24) is 0 Å². The molecule has 0 fully saturated rings. The SMILES string of the molecule is CC(=C=CC1CC=CCC1)C(=O)OCCO. The van der Waals surface area contributed by atoms with Crippen molar-refractivity contribution in [2.24, 2.45) is 5.92 Å². The summed E-state index contributed by atoms with van der Waals surface area (Å²) >= 11 is 0. The third kappa shape index (κ3) is 4.47. The zero-order valence-corrected chi connectivity index (χ0v) is 9.61. The maximum atomic E-state index is 11.3. The Bertz CT molecular complexity index is 322. The van der Waals surface area contributed by atoms with E-state index in [-0.39, 0.29) is 13.2 Å². The van der Waals surface area contributed by atoms with Gasteiger partial charge in [0.25, 0.3) is 0 Å². The van der Waals surface area contributed by atoms with Crippen LogP contribution in [0.25, 0.3) is 0 Å². The molecule has 0 saturated heterocycles. The van der Waals surface area contributed by atoms with Crippen molar-refractivity contribution >= 4 is 5.97 Å². The third-order valence-electron chi connectivity index (χ3n) is 2.48. The lowest BCUT2D eigenvalue weighted by Crippen LogP contribution is -2.08. The van der Waals surface area contributed by atoms with Crippen LogP contribution in [0.2, 0.25) is 0 Å². The van der Waals surface area contributed by atoms with E-state index in [1.165, 1.54) is 0 Å². The van der Waals surface area contributed by atoms with Crippen molar-refractivity contribution in [1.29, 1.82) is 0 Å². The number of hydrogen-bond donors (Lipinski definition) is 1. The van der Waals surface area contributed by atoms with E-state index in [1.54, 1.807) is 6.92 Å². The van der Waals surface area contributed by atoms with E-state index < -0.39 is 5.97 Å². The molecule has 3 nitrogen and oxygen atoms in total. The Balaban J connectivity index is 2.50. The fourth-order valence-electron chi connectivity index (χ4n) is 1.52. The van der Waals surface area contributed by atoms with Gasteiger partial charge in [0.1, 0.15) is 6.61 Å². The Morgan fingerprint density at radius 1 is 1.62 bits per heavy atom. The fraction of sp³-hybridized carbons (Fsp3) is 0.538. The monoisotopic (exact) mass is 222 g/mol. The van der Waals surface area contributed by atoms with Crippen molar-refractivity contribution in [2.75, 3.05) is 13.2 Å². The molecule has 1 aliphatic rings. The van der Waals surface area contributed by atoms with Gasteiger partial charge in [-0.1, -0.05) is 12.2 Å². The molecule has 3 heteroatoms. The molecule has 0 aromatic rings. The van der Waals surface area contributed by atoms with Crippen LogP contribution in [0.1, 0.15) is 26.2 Å². The van der Waals surface area contributed by atoms with Crippen LogP contribution in [0.15, 0.2) is 29.5 Å². The van der Waals surface area contributed by atoms with Gasteiger partial charge in [-0.05, 0) is 38.2 Å². The second-order valence-electron chi connectivity index (χ2n) is 3.84. The van der Waals surface area contributed by atoms with Crippen molar-refractivity contribution < 1.29 is 14.6 Å². The van der Waals surface area contributed by atoms with Gasteiger partial charge in [0.15, 0.2) is 0 Å². The van der Waals surface area contributed by atoms with E-state index in [2.05, 4.69) is 17.9 Å². The van der Waals surface area contributed by atoms with Gasteiger partial charge in [0.05, 0.1) is 12.2 Å². The lowest BCUT2D eigenvalue weighted by molar-refractivity contribution is -0.139. The predicted molar refractivity (Wildman–Crippen MR) is 61.8 cm³/mol. The zero-order valence-electron chi connectivity index (χ0n) is 9.61. The molecule has 0 aromatic carbocycles. The van der Waals surface area contributed by atoms with Crippen molar-refractivity contribution in [2.45, 2.75) is 26.2 Å². The van der Waals surface area contributed by atoms with Gasteiger partial charge in [-0.3, -0.25) is 0 Å². The van der Waals surface area contributed by atoms with Gasteiger partial charge in [-0.25, -0.2) is 4.79 Å². The number of rotatable bonds is 4. The van der Waals surface area contributed by atoms with Crippen LogP contribution in [0, 0.1) is 5.92 Å². The number of ether oxygens (including phenoxy) is 1. The summed E-state index contributed by atoms with van der Waals surface area (Å²) in [6, 6.07) is 0. The topological polar surface area (TPSA) is 46.5 Å². The lowest BCUT2D eigenvalue weighted by Gasteiger charge is -2.11. The van der Waals surface area contributed by atoms with Crippen LogP contribution in [-0.4, -0.2) is 24.3 Å². The number of allylic oxidation sites excluding steroid dienone is 2. The molecule has 1 unspecified atom stereocenters. The summed E-state index contributed by atoms with van der Waals surface area (Å²) in [5.41, 5.74) is 3.42. The summed E-state index contributed by atoms with van der Waals surface area (Å²) in [4.78, 5) is 11.3. The molecule has 0 aliphatic heterocycles. The Morgan fingerprint density at radius 3 is 3.06 bits per heavy atom. The summed E-state index contributed by atoms with van der Waals surface area (Å²) in [6.07, 6.45) is 9.51. The first-order valence-electron chi connectivity index (χ1n) is 5.60. The molecule has 1 rings (SSSR count). The minimum Gasteiger partial charge on any atom is -0.459 e. The zero-order chi connectivity index (χ0) is 11.8. The van der Waals surface area contributed by atoms with Gasteiger partial charge < -0.3 is 9.84 Å². The number of aliphatic hydroxyl groups excluding tert-OH is 1. The Labute approximate surface area is 96.1 Å². The quantitative estimate of drug-likeness (QED) is 0.342. The summed E-state index contributed by atoms with van der Waals surface area (Å²) in [5, 5.41) is 8.51. The van der Waals surface area contributed by atoms with Gasteiger partial charge in [-0.2, -0.15) is 0 Å². The Kier molecular flexibility index (Phi) is 5.62. The normalized spacial score (nSPS) is 18.8. The number of carbonyl (C=O) groups is 1. The summed E-state index contributed by atoms with van der Waals surface area (Å²) in [6.45, 7) is 1.58. The first-order valence-corrected chi connectivity index (χ1v) is 5.60. The highest BCUT2D eigenvalue weighted by Gasteiger charge is 2.07. The average Bonchev–Trinajstić information content (AvgIpc) is 2.34. The van der Waals surface area contributed by atoms with Gasteiger partial charge in [-0.15, -0.1) is 5.73 Å². The third-order valence-corrected chi connectivity index (χ3v) is 2.48. The van der Waals surface area contributed by atoms with E-state index in [0.717, 1.165) is 19.3 Å². The van der Waals surface area contributed by atoms with E-state index in [0.29, 0.717) is 11.5 Å². The molecule has 0 heterocycles. The van der Waals surface area contributed by atoms with E-state index in [4.69, 9.17) is 9.84 Å². The van der Waals surface area contributed by atoms with Crippen LogP contribution in [0.3, 0.4) is 0 Å². The first kappa shape index (κ1) is 12.8. The lowest BCUT2D eigenvalue weighted by atomic mass is 9.94. The molecule has 1 N–H and O–H groups in total. The van der Waals surface area contributed by atoms with Crippen LogP contribution < -0.4 is 0 Å². The molecule has 16 heavy (non-hydrogen) atoms. The largest absolute Gasteiger partial charge is 0.459 e. The molecule has 0 saturated carbocycles. The fourth-order valence-corrected chi connectivity index (χ4v) is 1.52. The molecule has 1 atom stereocenters. The van der Waals surface area contributed by atoms with Crippen LogP contribution in [0.5, 0.6) is 0 Å². The minimum absolute atomic E-state index is 0.0457. The summed E-state index contributed by atoms with van der Waals surface area (Å²) in [5.74, 6) is 0.0715. The second-order valence-corrected chi connectivity index (χ2v) is 3.84. The number of hydrogen-bond acceptors (Lipinski definition) is 3. The number of esters is 1. The molecule has 0 bridgehead atoms. The second kappa shape index (κ2) is 7.04. The Hall–Kier alpha value is -1.31. The van der Waals surface area contributed by atoms with Gasteiger partial charge in [0.2, 0.25) is 0 Å². The Morgan fingerprint density at radius 2 is 2.44 bits per heavy atom. The maximum Gasteiger partial charge on any atom is 0.341 e. The van der Waals surface area contributed by atoms with Crippen molar-refractivity contribution in [3.05, 3.63) is 29.5 Å². The predicted octanol–water partition coefficient (Wildman–Crippen LogP) is 1.98. The molecule has 0 amide bonds. The highest BCUT2D eigenvalue weighted by molar-refractivity contribution is 5.87. The van der Waals surface area contributed by atoms with Crippen molar-refractivity contribution in [3.8, 4) is 0 Å². The van der Waals surface area contributed by atoms with Gasteiger partial charge in [0, 0.05) is 0 Å². The molecule has 0 spiro atoms. The molecule has 88 valence electrons. The highest BCUT2D eigenvalue weighted by Crippen LogP contribution is 2.18. The van der Waals surface area contributed by atoms with Crippen LogP contribution in [-0.2, 0) is 9.53 Å². The molecular weight excluding hydrogens is 204 g/mol. The first-order chi connectivity index (χ1) is 7.74. The smallest absolute Gasteiger partial charge is 0.341 e. The molecule has 0 aromatic heterocycles. The van der Waals surface area contributed by atoms with Crippen LogP contribution >= 0.6 is 0 Å². The highest BCUT2D eigenvalue weighted by atomic mass is 16.5. The van der Waals surface area contributed by atoms with E-state index >= 15 is 0 Å². The van der Waals surface area contributed by atoms with Crippen molar-refractivity contribution in [3.63, 3.8) is 0 Å². The number of aliphatic hydroxyl groups is 1. The van der Waals surface area contributed by atoms with E-state index in [9.17, 15) is 4.79 Å².